The second-order valence-corrected chi connectivity index (χ2v) is 6.92. The molecule has 70 valence electrons. The number of H-pyrrole nitrogens is 1. The van der Waals surface area contributed by atoms with Crippen LogP contribution in [0.15, 0.2) is 24.7 Å². The summed E-state index contributed by atoms with van der Waals surface area (Å²) in [6, 6.07) is 4.45. The molecule has 0 aliphatic carbocycles. The van der Waals surface area contributed by atoms with E-state index >= 15 is 0 Å². The molecule has 1 N–H and O–H groups in total. The predicted molar refractivity (Wildman–Crippen MR) is 70.0 cm³/mol. The van der Waals surface area contributed by atoms with Gasteiger partial charge >= 0.3 is 0 Å². The number of hydrogen-bond acceptors (Lipinski definition) is 3. The third-order valence-corrected chi connectivity index (χ3v) is 5.03. The highest BCUT2D eigenvalue weighted by molar-refractivity contribution is 14.1. The molecule has 0 radical (unpaired) electrons. The number of rotatable bonds is 1. The minimum Gasteiger partial charge on any atom is -0.344 e. The summed E-state index contributed by atoms with van der Waals surface area (Å²) in [5.41, 5.74) is 1.11. The first kappa shape index (κ1) is 8.87. The largest absolute Gasteiger partial charge is 0.344 e. The molecule has 3 rings (SSSR count). The maximum atomic E-state index is 4.02. The smallest absolute Gasteiger partial charge is 0.0924 e. The second-order valence-electron chi connectivity index (χ2n) is 2.85. The first-order valence-electron chi connectivity index (χ1n) is 4.00. The fourth-order valence-corrected chi connectivity index (χ4v) is 4.66. The topological polar surface area (TPSA) is 28.7 Å². The van der Waals surface area contributed by atoms with Crippen molar-refractivity contribution in [1.29, 1.82) is 0 Å². The van der Waals surface area contributed by atoms with Crippen molar-refractivity contribution in [2.45, 2.75) is 0 Å². The number of nitrogens with zero attached hydrogens (tertiary/aromatic N) is 1. The Balaban J connectivity index is 2.20. The van der Waals surface area contributed by atoms with Crippen molar-refractivity contribution in [3.8, 4) is 10.6 Å². The van der Waals surface area contributed by atoms with Gasteiger partial charge in [-0.1, -0.05) is 0 Å². The SMILES string of the molecule is Ic1cc2sc(-c3cnc[nH]3)cc2s1. The molecule has 2 nitrogen and oxygen atoms in total. The van der Waals surface area contributed by atoms with Gasteiger partial charge in [0.1, 0.15) is 0 Å². The number of hydrogen-bond donors (Lipinski definition) is 1. The third-order valence-electron chi connectivity index (χ3n) is 1.94. The van der Waals surface area contributed by atoms with Crippen LogP contribution in [0.3, 0.4) is 0 Å². The van der Waals surface area contributed by atoms with E-state index in [1.807, 2.05) is 28.9 Å². The lowest BCUT2D eigenvalue weighted by Gasteiger charge is -1.86. The first-order chi connectivity index (χ1) is 6.83. The van der Waals surface area contributed by atoms with Gasteiger partial charge in [-0.15, -0.1) is 22.7 Å². The number of fused-ring (bicyclic) bond motifs is 1. The van der Waals surface area contributed by atoms with Crippen LogP contribution in [0.1, 0.15) is 0 Å². The highest BCUT2D eigenvalue weighted by Gasteiger charge is 2.07. The van der Waals surface area contributed by atoms with Gasteiger partial charge in [0.2, 0.25) is 0 Å². The van der Waals surface area contributed by atoms with Gasteiger partial charge in [-0.05, 0) is 34.7 Å². The van der Waals surface area contributed by atoms with Crippen molar-refractivity contribution >= 4 is 54.7 Å². The Morgan fingerprint density at radius 2 is 2.07 bits per heavy atom. The zero-order chi connectivity index (χ0) is 9.54. The molecule has 14 heavy (non-hydrogen) atoms. The highest BCUT2D eigenvalue weighted by Crippen LogP contribution is 2.37. The molecule has 3 aromatic rings. The maximum absolute atomic E-state index is 4.02. The lowest BCUT2D eigenvalue weighted by molar-refractivity contribution is 1.32. The summed E-state index contributed by atoms with van der Waals surface area (Å²) in [6.07, 6.45) is 3.58. The summed E-state index contributed by atoms with van der Waals surface area (Å²) in [4.78, 5) is 8.41. The van der Waals surface area contributed by atoms with Gasteiger partial charge in [-0.25, -0.2) is 4.98 Å². The second kappa shape index (κ2) is 3.32. The molecule has 0 bridgehead atoms. The quantitative estimate of drug-likeness (QED) is 0.672. The minimum atomic E-state index is 1.11. The van der Waals surface area contributed by atoms with E-state index in [1.54, 1.807) is 6.33 Å². The van der Waals surface area contributed by atoms with Gasteiger partial charge in [-0.2, -0.15) is 0 Å². The van der Waals surface area contributed by atoms with Crippen LogP contribution in [0.25, 0.3) is 20.0 Å². The Morgan fingerprint density at radius 3 is 2.79 bits per heavy atom. The van der Waals surface area contributed by atoms with Crippen molar-refractivity contribution in [3.05, 3.63) is 27.5 Å². The van der Waals surface area contributed by atoms with Crippen molar-refractivity contribution in [1.82, 2.24) is 9.97 Å². The van der Waals surface area contributed by atoms with E-state index in [4.69, 9.17) is 0 Å². The standard InChI is InChI=1S/C9H5IN2S2/c10-9-2-8-7(14-9)1-6(13-8)5-3-11-4-12-5/h1-4H,(H,11,12). The van der Waals surface area contributed by atoms with E-state index in [9.17, 15) is 0 Å². The Bertz CT molecular complexity index is 533. The summed E-state index contributed by atoms with van der Waals surface area (Å²) in [5.74, 6) is 0. The third kappa shape index (κ3) is 1.39. The fraction of sp³-hybridized carbons (Fsp3) is 0. The molecule has 3 aromatic heterocycles. The van der Waals surface area contributed by atoms with E-state index < -0.39 is 0 Å². The molecular weight excluding hydrogens is 327 g/mol. The van der Waals surface area contributed by atoms with Crippen LogP contribution >= 0.6 is 45.3 Å². The number of aromatic amines is 1. The molecule has 3 heterocycles. The van der Waals surface area contributed by atoms with Crippen LogP contribution in [0.2, 0.25) is 0 Å². The van der Waals surface area contributed by atoms with E-state index in [0.29, 0.717) is 0 Å². The van der Waals surface area contributed by atoms with Gasteiger partial charge in [-0.3, -0.25) is 0 Å². The number of aromatic nitrogens is 2. The number of imidazole rings is 1. The summed E-state index contributed by atoms with van der Waals surface area (Å²) in [6.45, 7) is 0. The van der Waals surface area contributed by atoms with Gasteiger partial charge in [0.15, 0.2) is 0 Å². The molecule has 0 aliphatic rings. The van der Waals surface area contributed by atoms with E-state index in [-0.39, 0.29) is 0 Å². The van der Waals surface area contributed by atoms with Crippen LogP contribution < -0.4 is 0 Å². The number of halogens is 1. The van der Waals surface area contributed by atoms with E-state index in [1.165, 1.54) is 17.2 Å². The molecular formula is C9H5IN2S2. The van der Waals surface area contributed by atoms with Crippen molar-refractivity contribution in [3.63, 3.8) is 0 Å². The average molecular weight is 332 g/mol. The molecule has 0 aliphatic heterocycles. The predicted octanol–water partition coefficient (Wildman–Crippen LogP) is 3.96. The molecule has 0 aromatic carbocycles. The molecule has 5 heteroatoms. The van der Waals surface area contributed by atoms with Gasteiger partial charge < -0.3 is 4.98 Å². The molecule has 0 spiro atoms. The zero-order valence-corrected chi connectivity index (χ0v) is 10.7. The summed E-state index contributed by atoms with van der Waals surface area (Å²) in [7, 11) is 0. The monoisotopic (exact) mass is 332 g/mol. The van der Waals surface area contributed by atoms with Gasteiger partial charge in [0.05, 0.1) is 26.0 Å². The lowest BCUT2D eigenvalue weighted by Crippen LogP contribution is -1.66. The summed E-state index contributed by atoms with van der Waals surface area (Å²) in [5, 5.41) is 0. The molecule has 0 saturated carbocycles. The molecule has 0 amide bonds. The van der Waals surface area contributed by atoms with E-state index in [2.05, 4.69) is 44.7 Å². The fourth-order valence-electron chi connectivity index (χ4n) is 1.33. The van der Waals surface area contributed by atoms with Crippen molar-refractivity contribution in [2.75, 3.05) is 0 Å². The van der Waals surface area contributed by atoms with Crippen LogP contribution in [-0.4, -0.2) is 9.97 Å². The first-order valence-corrected chi connectivity index (χ1v) is 6.72. The van der Waals surface area contributed by atoms with Crippen LogP contribution in [0, 0.1) is 2.88 Å². The summed E-state index contributed by atoms with van der Waals surface area (Å²) >= 11 is 6.00. The molecule has 0 atom stereocenters. The summed E-state index contributed by atoms with van der Waals surface area (Å²) < 4.78 is 4.08. The Labute approximate surface area is 102 Å². The van der Waals surface area contributed by atoms with Crippen molar-refractivity contribution in [2.24, 2.45) is 0 Å². The Kier molecular flexibility index (Phi) is 2.10. The normalized spacial score (nSPS) is 11.2. The zero-order valence-electron chi connectivity index (χ0n) is 6.95. The van der Waals surface area contributed by atoms with Gasteiger partial charge in [0.25, 0.3) is 0 Å². The minimum absolute atomic E-state index is 1.11. The van der Waals surface area contributed by atoms with Crippen molar-refractivity contribution < 1.29 is 0 Å². The molecule has 0 saturated heterocycles. The lowest BCUT2D eigenvalue weighted by atomic mass is 10.4. The maximum Gasteiger partial charge on any atom is 0.0924 e. The number of thiophene rings is 2. The van der Waals surface area contributed by atoms with Crippen LogP contribution in [0.5, 0.6) is 0 Å². The Morgan fingerprint density at radius 1 is 1.21 bits per heavy atom. The highest BCUT2D eigenvalue weighted by atomic mass is 127. The molecule has 0 fully saturated rings. The van der Waals surface area contributed by atoms with Crippen LogP contribution in [0.4, 0.5) is 0 Å². The molecule has 0 unspecified atom stereocenters. The van der Waals surface area contributed by atoms with E-state index in [0.717, 1.165) is 5.69 Å². The van der Waals surface area contributed by atoms with Crippen LogP contribution in [-0.2, 0) is 0 Å². The Hall–Kier alpha value is -0.400. The van der Waals surface area contributed by atoms with Gasteiger partial charge in [0, 0.05) is 9.40 Å². The number of nitrogens with one attached hydrogen (secondary N) is 1. The average Bonchev–Trinajstić information content (AvgIpc) is 2.74.